The van der Waals surface area contributed by atoms with Gasteiger partial charge in [0, 0.05) is 19.3 Å². The fraction of sp³-hybridized carbons (Fsp3) is 0.432. The smallest absolute Gasteiger partial charge is 0.407 e. The zero-order valence-corrected chi connectivity index (χ0v) is 35.2. The van der Waals surface area contributed by atoms with Gasteiger partial charge in [0.1, 0.15) is 36.4 Å². The minimum absolute atomic E-state index is 0.0411. The second-order valence-electron chi connectivity index (χ2n) is 14.1. The van der Waals surface area contributed by atoms with Gasteiger partial charge in [0.2, 0.25) is 11.8 Å². The van der Waals surface area contributed by atoms with Crippen molar-refractivity contribution in [1.82, 2.24) is 45.0 Å². The summed E-state index contributed by atoms with van der Waals surface area (Å²) in [5.41, 5.74) is 5.86. The topological polar surface area (TPSA) is 174 Å². The molecule has 0 radical (unpaired) electrons. The Hall–Kier alpha value is -6.05. The predicted molar refractivity (Wildman–Crippen MR) is 228 cm³/mol. The average Bonchev–Trinajstić information content (AvgIpc) is 4.05. The van der Waals surface area contributed by atoms with Gasteiger partial charge in [-0.1, -0.05) is 103 Å². The summed E-state index contributed by atoms with van der Waals surface area (Å²) in [4.78, 5) is 65.8. The first-order valence-corrected chi connectivity index (χ1v) is 20.4. The van der Waals surface area contributed by atoms with Crippen molar-refractivity contribution < 1.29 is 19.1 Å². The van der Waals surface area contributed by atoms with Crippen LogP contribution in [0.2, 0.25) is 0 Å². The lowest BCUT2D eigenvalue weighted by Crippen LogP contribution is -2.45. The molecule has 2 aromatic carbocycles. The summed E-state index contributed by atoms with van der Waals surface area (Å²) >= 11 is 0. The van der Waals surface area contributed by atoms with Gasteiger partial charge in [0.05, 0.1) is 43.5 Å². The molecule has 3 amide bonds. The molecular formula is C44H60N10O4. The molecule has 2 unspecified atom stereocenters. The fourth-order valence-corrected chi connectivity index (χ4v) is 6.54. The third-order valence-corrected chi connectivity index (χ3v) is 9.37. The monoisotopic (exact) mass is 792 g/mol. The molecule has 1 aliphatic heterocycles. The number of rotatable bonds is 14. The van der Waals surface area contributed by atoms with Crippen molar-refractivity contribution in [2.45, 2.75) is 92.8 Å². The summed E-state index contributed by atoms with van der Waals surface area (Å²) in [6, 6.07) is 17.8. The van der Waals surface area contributed by atoms with E-state index in [1.54, 1.807) is 23.4 Å². The molecule has 0 bridgehead atoms. The maximum atomic E-state index is 13.8. The van der Waals surface area contributed by atoms with Crippen LogP contribution >= 0.6 is 0 Å². The molecule has 4 heterocycles. The number of H-pyrrole nitrogens is 2. The predicted octanol–water partition coefficient (Wildman–Crippen LogP) is 8.26. The summed E-state index contributed by atoms with van der Waals surface area (Å²) in [6.07, 6.45) is 9.87. The largest absolute Gasteiger partial charge is 0.453 e. The minimum Gasteiger partial charge on any atom is -0.453 e. The van der Waals surface area contributed by atoms with E-state index in [1.807, 2.05) is 57.8 Å². The Balaban J connectivity index is 0.00000142. The van der Waals surface area contributed by atoms with E-state index in [0.717, 1.165) is 58.7 Å². The highest BCUT2D eigenvalue weighted by Crippen LogP contribution is 2.34. The van der Waals surface area contributed by atoms with Gasteiger partial charge in [0.25, 0.3) is 0 Å². The summed E-state index contributed by atoms with van der Waals surface area (Å²) in [5, 5.41) is 5.75. The van der Waals surface area contributed by atoms with E-state index >= 15 is 0 Å². The van der Waals surface area contributed by atoms with E-state index in [-0.39, 0.29) is 30.3 Å². The fourth-order valence-electron chi connectivity index (χ4n) is 6.54. The number of aromatic nitrogens is 6. The van der Waals surface area contributed by atoms with Gasteiger partial charge in [0.15, 0.2) is 0 Å². The molecule has 5 aromatic rings. The summed E-state index contributed by atoms with van der Waals surface area (Å²) in [7, 11) is 1.26. The molecule has 14 heteroatoms. The number of carbonyl (C=O) groups is 3. The molecule has 4 N–H and O–H groups in total. The molecule has 1 saturated heterocycles. The van der Waals surface area contributed by atoms with Crippen molar-refractivity contribution in [3.63, 3.8) is 0 Å². The Morgan fingerprint density at radius 1 is 0.879 bits per heavy atom. The van der Waals surface area contributed by atoms with Crippen LogP contribution < -0.4 is 10.6 Å². The minimum atomic E-state index is -0.645. The molecule has 6 rings (SSSR count). The van der Waals surface area contributed by atoms with Crippen LogP contribution in [0.25, 0.3) is 33.6 Å². The van der Waals surface area contributed by atoms with E-state index in [2.05, 4.69) is 90.5 Å². The van der Waals surface area contributed by atoms with E-state index in [4.69, 9.17) is 4.98 Å². The van der Waals surface area contributed by atoms with Crippen LogP contribution in [-0.2, 0) is 20.9 Å². The number of likely N-dealkylation sites (tertiary alicyclic amines) is 1. The van der Waals surface area contributed by atoms with E-state index in [0.29, 0.717) is 31.3 Å². The lowest BCUT2D eigenvalue weighted by Gasteiger charge is -2.30. The van der Waals surface area contributed by atoms with Gasteiger partial charge >= 0.3 is 6.09 Å². The summed E-state index contributed by atoms with van der Waals surface area (Å²) in [6.45, 7) is 15.7. The zero-order valence-electron chi connectivity index (χ0n) is 35.2. The zero-order chi connectivity index (χ0) is 42.0. The Kier molecular flexibility index (Phi) is 17.4. The Morgan fingerprint density at radius 2 is 1.48 bits per heavy atom. The quantitative estimate of drug-likeness (QED) is 0.0863. The summed E-state index contributed by atoms with van der Waals surface area (Å²) < 4.78 is 4.56. The highest BCUT2D eigenvalue weighted by molar-refractivity contribution is 5.85. The highest BCUT2D eigenvalue weighted by atomic mass is 16.5. The second-order valence-corrected chi connectivity index (χ2v) is 14.1. The molecule has 310 valence electrons. The van der Waals surface area contributed by atoms with Gasteiger partial charge in [-0.15, -0.1) is 0 Å². The van der Waals surface area contributed by atoms with Crippen molar-refractivity contribution in [3.05, 3.63) is 91.2 Å². The van der Waals surface area contributed by atoms with Crippen LogP contribution in [0, 0.1) is 5.92 Å². The molecule has 0 aliphatic carbocycles. The molecule has 3 aromatic heterocycles. The Bertz CT molecular complexity index is 1990. The van der Waals surface area contributed by atoms with Crippen molar-refractivity contribution in [2.75, 3.05) is 32.1 Å². The highest BCUT2D eigenvalue weighted by Gasteiger charge is 2.37. The third-order valence-electron chi connectivity index (χ3n) is 9.37. The number of nitrogens with one attached hydrogen (secondary N) is 4. The Morgan fingerprint density at radius 3 is 2.05 bits per heavy atom. The SMILES string of the molecule is CC.CCC.CCCN(Cc1ncc(-c2ccc(-c3ccc(-c4cnc(C5CCCN5C(=O)C(Nc5ccncn5)C(C)C)[nH]4)cc3)cc2)[nH]1)C(=O)CNC(=O)OC. The normalized spacial score (nSPS) is 13.7. The third kappa shape index (κ3) is 12.0. The van der Waals surface area contributed by atoms with Gasteiger partial charge < -0.3 is 35.1 Å². The van der Waals surface area contributed by atoms with Crippen molar-refractivity contribution in [3.8, 4) is 33.6 Å². The average molecular weight is 793 g/mol. The van der Waals surface area contributed by atoms with Gasteiger partial charge in [-0.3, -0.25) is 9.59 Å². The van der Waals surface area contributed by atoms with Gasteiger partial charge in [-0.2, -0.15) is 0 Å². The van der Waals surface area contributed by atoms with E-state index in [1.165, 1.54) is 19.9 Å². The first-order chi connectivity index (χ1) is 28.1. The molecule has 1 aliphatic rings. The van der Waals surface area contributed by atoms with Crippen molar-refractivity contribution in [1.29, 1.82) is 0 Å². The number of nitrogens with zero attached hydrogens (tertiary/aromatic N) is 6. The first kappa shape index (κ1) is 44.7. The van der Waals surface area contributed by atoms with E-state index < -0.39 is 12.1 Å². The van der Waals surface area contributed by atoms with Crippen LogP contribution in [0.1, 0.15) is 91.8 Å². The lowest BCUT2D eigenvalue weighted by molar-refractivity contribution is -0.134. The van der Waals surface area contributed by atoms with Crippen LogP contribution in [0.3, 0.4) is 0 Å². The maximum absolute atomic E-state index is 13.8. The molecule has 58 heavy (non-hydrogen) atoms. The number of imidazole rings is 2. The van der Waals surface area contributed by atoms with Crippen LogP contribution in [0.5, 0.6) is 0 Å². The van der Waals surface area contributed by atoms with Gasteiger partial charge in [-0.05, 0) is 53.5 Å². The second kappa shape index (κ2) is 22.6. The number of ether oxygens (including phenoxy) is 1. The molecule has 0 spiro atoms. The van der Waals surface area contributed by atoms with Crippen LogP contribution in [0.15, 0.2) is 79.5 Å². The standard InChI is InChI=1S/C39H46N10O4.C3H8.C2H6/c1-5-18-48(35(50)22-43-39(52)53-4)23-34-41-20-30(45-34)28-12-8-26(9-13-28)27-10-14-29(15-11-27)31-21-42-37(46-31)32-7-6-19-49(32)38(51)36(25(2)3)47-33-16-17-40-24-44-33;1-3-2;1-2/h8-17,20-21,24-25,32,36H,5-7,18-19,22-23H2,1-4H3,(H,41,45)(H,42,46)(H,43,52)(H,40,44,47);3H2,1-2H3;1-2H3. The number of methoxy groups -OCH3 is 1. The number of benzene rings is 2. The first-order valence-electron chi connectivity index (χ1n) is 20.4. The van der Waals surface area contributed by atoms with E-state index in [9.17, 15) is 14.4 Å². The maximum Gasteiger partial charge on any atom is 0.407 e. The molecular weight excluding hydrogens is 733 g/mol. The Labute approximate surface area is 342 Å². The van der Waals surface area contributed by atoms with Crippen molar-refractivity contribution in [2.24, 2.45) is 5.92 Å². The number of hydrogen-bond acceptors (Lipinski definition) is 9. The van der Waals surface area contributed by atoms with Gasteiger partial charge in [-0.25, -0.2) is 24.7 Å². The molecule has 14 nitrogen and oxygen atoms in total. The number of aromatic amines is 2. The number of hydrogen-bond donors (Lipinski definition) is 4. The molecule has 1 fully saturated rings. The van der Waals surface area contributed by atoms with Crippen LogP contribution in [-0.4, -0.2) is 90.4 Å². The molecule has 2 atom stereocenters. The molecule has 0 saturated carbocycles. The van der Waals surface area contributed by atoms with Crippen LogP contribution in [0.4, 0.5) is 10.6 Å². The number of amides is 3. The van der Waals surface area contributed by atoms with Crippen molar-refractivity contribution >= 4 is 23.7 Å². The lowest BCUT2D eigenvalue weighted by atomic mass is 10.0. The summed E-state index contributed by atoms with van der Waals surface area (Å²) in [5.74, 6) is 1.97. The number of anilines is 1. The number of carbonyl (C=O) groups excluding carboxylic acids is 3. The number of alkyl carbamates (subject to hydrolysis) is 1.